The Morgan fingerprint density at radius 2 is 0.854 bits per heavy atom. The Kier molecular flexibility index (Phi) is 6.61. The van der Waals surface area contributed by atoms with E-state index in [1.54, 1.807) is 0 Å². The van der Waals surface area contributed by atoms with Crippen LogP contribution in [0.2, 0.25) is 0 Å². The lowest BCUT2D eigenvalue weighted by Crippen LogP contribution is -2.12. The summed E-state index contributed by atoms with van der Waals surface area (Å²) in [6.07, 6.45) is 0. The standard InChI is InChI=1S/C40H29N/c1-4-15-31(16-5-1)37-24-12-13-26-39(37)41(34-21-8-3-9-22-34)40-29-33(27-28-38(40)32-17-6-2-7-18-32)36-25-14-20-30-19-10-11-23-35(30)36/h1-29H. The first kappa shape index (κ1) is 24.6. The van der Waals surface area contributed by atoms with Crippen LogP contribution in [0.25, 0.3) is 44.2 Å². The van der Waals surface area contributed by atoms with Gasteiger partial charge in [-0.3, -0.25) is 0 Å². The minimum Gasteiger partial charge on any atom is -0.309 e. The minimum atomic E-state index is 1.11. The molecule has 0 radical (unpaired) electrons. The zero-order valence-corrected chi connectivity index (χ0v) is 22.7. The normalized spacial score (nSPS) is 10.9. The van der Waals surface area contributed by atoms with Crippen molar-refractivity contribution in [2.24, 2.45) is 0 Å². The van der Waals surface area contributed by atoms with Gasteiger partial charge in [0, 0.05) is 16.8 Å². The summed E-state index contributed by atoms with van der Waals surface area (Å²) in [5, 5.41) is 2.50. The molecule has 0 saturated carbocycles. The molecule has 0 heterocycles. The maximum absolute atomic E-state index is 2.42. The molecule has 1 nitrogen and oxygen atoms in total. The highest BCUT2D eigenvalue weighted by atomic mass is 15.1. The Hall–Kier alpha value is -5.40. The van der Waals surface area contributed by atoms with Crippen LogP contribution in [0.3, 0.4) is 0 Å². The van der Waals surface area contributed by atoms with Gasteiger partial charge in [-0.15, -0.1) is 0 Å². The quantitative estimate of drug-likeness (QED) is 0.209. The summed E-state index contributed by atoms with van der Waals surface area (Å²) in [7, 11) is 0. The summed E-state index contributed by atoms with van der Waals surface area (Å²) in [4.78, 5) is 2.42. The second kappa shape index (κ2) is 11.0. The Labute approximate surface area is 241 Å². The van der Waals surface area contributed by atoms with Crippen molar-refractivity contribution in [3.63, 3.8) is 0 Å². The van der Waals surface area contributed by atoms with Crippen LogP contribution < -0.4 is 4.90 Å². The smallest absolute Gasteiger partial charge is 0.0546 e. The topological polar surface area (TPSA) is 3.24 Å². The third-order valence-electron chi connectivity index (χ3n) is 7.67. The SMILES string of the molecule is c1ccc(-c2ccccc2N(c2ccccc2)c2cc(-c3cccc4ccccc34)ccc2-c2ccccc2)cc1. The highest BCUT2D eigenvalue weighted by molar-refractivity contribution is 6.00. The molecule has 0 atom stereocenters. The number of benzene rings is 7. The van der Waals surface area contributed by atoms with E-state index in [0.29, 0.717) is 0 Å². The molecular weight excluding hydrogens is 494 g/mol. The number of para-hydroxylation sites is 2. The van der Waals surface area contributed by atoms with Crippen molar-refractivity contribution in [2.75, 3.05) is 4.90 Å². The molecule has 0 spiro atoms. The third-order valence-corrected chi connectivity index (χ3v) is 7.67. The molecule has 0 aliphatic rings. The Morgan fingerprint density at radius 3 is 1.59 bits per heavy atom. The average molecular weight is 524 g/mol. The van der Waals surface area contributed by atoms with Gasteiger partial charge in [-0.25, -0.2) is 0 Å². The zero-order valence-electron chi connectivity index (χ0n) is 22.7. The summed E-state index contributed by atoms with van der Waals surface area (Å²) in [5.74, 6) is 0. The lowest BCUT2D eigenvalue weighted by Gasteiger charge is -2.30. The molecule has 0 bridgehead atoms. The van der Waals surface area contributed by atoms with Crippen LogP contribution in [0, 0.1) is 0 Å². The highest BCUT2D eigenvalue weighted by Crippen LogP contribution is 2.46. The maximum Gasteiger partial charge on any atom is 0.0546 e. The number of anilines is 3. The summed E-state index contributed by atoms with van der Waals surface area (Å²) >= 11 is 0. The van der Waals surface area contributed by atoms with E-state index >= 15 is 0 Å². The van der Waals surface area contributed by atoms with Crippen molar-refractivity contribution in [3.8, 4) is 33.4 Å². The van der Waals surface area contributed by atoms with Crippen LogP contribution in [0.1, 0.15) is 0 Å². The van der Waals surface area contributed by atoms with Crippen LogP contribution in [0.4, 0.5) is 17.1 Å². The van der Waals surface area contributed by atoms with Gasteiger partial charge in [0.25, 0.3) is 0 Å². The number of nitrogens with zero attached hydrogens (tertiary/aromatic N) is 1. The van der Waals surface area contributed by atoms with Gasteiger partial charge in [-0.05, 0) is 57.3 Å². The molecule has 7 rings (SSSR count). The zero-order chi connectivity index (χ0) is 27.4. The van der Waals surface area contributed by atoms with E-state index in [-0.39, 0.29) is 0 Å². The van der Waals surface area contributed by atoms with E-state index in [2.05, 4.69) is 181 Å². The monoisotopic (exact) mass is 523 g/mol. The molecule has 0 aromatic heterocycles. The lowest BCUT2D eigenvalue weighted by atomic mass is 9.93. The molecule has 0 fully saturated rings. The van der Waals surface area contributed by atoms with Gasteiger partial charge in [0.1, 0.15) is 0 Å². The van der Waals surface area contributed by atoms with Gasteiger partial charge in [-0.1, -0.05) is 152 Å². The van der Waals surface area contributed by atoms with Crippen LogP contribution in [0.5, 0.6) is 0 Å². The molecular formula is C40H29N. The van der Waals surface area contributed by atoms with Crippen molar-refractivity contribution >= 4 is 27.8 Å². The van der Waals surface area contributed by atoms with E-state index in [4.69, 9.17) is 0 Å². The van der Waals surface area contributed by atoms with E-state index in [1.807, 2.05) is 0 Å². The fraction of sp³-hybridized carbons (Fsp3) is 0. The molecule has 194 valence electrons. The summed E-state index contributed by atoms with van der Waals surface area (Å²) in [6, 6.07) is 62.9. The molecule has 0 aliphatic heterocycles. The third kappa shape index (κ3) is 4.79. The molecule has 41 heavy (non-hydrogen) atoms. The Morgan fingerprint density at radius 1 is 0.317 bits per heavy atom. The summed E-state index contributed by atoms with van der Waals surface area (Å²) in [6.45, 7) is 0. The molecule has 1 heteroatoms. The molecule has 0 amide bonds. The van der Waals surface area contributed by atoms with E-state index in [9.17, 15) is 0 Å². The Balaban J connectivity index is 1.53. The van der Waals surface area contributed by atoms with Gasteiger partial charge in [0.05, 0.1) is 11.4 Å². The van der Waals surface area contributed by atoms with Gasteiger partial charge in [0.2, 0.25) is 0 Å². The molecule has 7 aromatic rings. The van der Waals surface area contributed by atoms with Gasteiger partial charge in [0.15, 0.2) is 0 Å². The molecule has 0 saturated heterocycles. The fourth-order valence-electron chi connectivity index (χ4n) is 5.74. The maximum atomic E-state index is 2.42. The first-order chi connectivity index (χ1) is 20.4. The van der Waals surface area contributed by atoms with Crippen LogP contribution >= 0.6 is 0 Å². The highest BCUT2D eigenvalue weighted by Gasteiger charge is 2.21. The summed E-state index contributed by atoms with van der Waals surface area (Å²) < 4.78 is 0. The number of hydrogen-bond donors (Lipinski definition) is 0. The van der Waals surface area contributed by atoms with Crippen molar-refractivity contribution in [2.45, 2.75) is 0 Å². The first-order valence-electron chi connectivity index (χ1n) is 14.0. The lowest BCUT2D eigenvalue weighted by molar-refractivity contribution is 1.28. The van der Waals surface area contributed by atoms with E-state index in [1.165, 1.54) is 44.2 Å². The van der Waals surface area contributed by atoms with Gasteiger partial charge >= 0.3 is 0 Å². The number of rotatable bonds is 6. The van der Waals surface area contributed by atoms with Crippen molar-refractivity contribution < 1.29 is 0 Å². The number of hydrogen-bond acceptors (Lipinski definition) is 1. The van der Waals surface area contributed by atoms with E-state index in [0.717, 1.165) is 17.1 Å². The van der Waals surface area contributed by atoms with Gasteiger partial charge in [-0.2, -0.15) is 0 Å². The Bertz CT molecular complexity index is 1920. The first-order valence-corrected chi connectivity index (χ1v) is 14.0. The second-order valence-electron chi connectivity index (χ2n) is 10.2. The largest absolute Gasteiger partial charge is 0.309 e. The van der Waals surface area contributed by atoms with Crippen LogP contribution in [-0.2, 0) is 0 Å². The van der Waals surface area contributed by atoms with Crippen LogP contribution in [0.15, 0.2) is 176 Å². The molecule has 0 unspecified atom stereocenters. The average Bonchev–Trinajstić information content (AvgIpc) is 3.06. The van der Waals surface area contributed by atoms with Crippen molar-refractivity contribution in [1.82, 2.24) is 0 Å². The molecule has 7 aromatic carbocycles. The number of fused-ring (bicyclic) bond motifs is 1. The van der Waals surface area contributed by atoms with Crippen molar-refractivity contribution in [1.29, 1.82) is 0 Å². The van der Waals surface area contributed by atoms with E-state index < -0.39 is 0 Å². The van der Waals surface area contributed by atoms with Gasteiger partial charge < -0.3 is 4.90 Å². The van der Waals surface area contributed by atoms with Crippen molar-refractivity contribution in [3.05, 3.63) is 176 Å². The summed E-state index contributed by atoms with van der Waals surface area (Å²) in [5.41, 5.74) is 10.5. The molecule has 0 N–H and O–H groups in total. The second-order valence-corrected chi connectivity index (χ2v) is 10.2. The predicted octanol–water partition coefficient (Wildman–Crippen LogP) is 11.3. The minimum absolute atomic E-state index is 1.11. The molecule has 0 aliphatic carbocycles. The van der Waals surface area contributed by atoms with Crippen LogP contribution in [-0.4, -0.2) is 0 Å². The fourth-order valence-corrected chi connectivity index (χ4v) is 5.74. The predicted molar refractivity (Wildman–Crippen MR) is 175 cm³/mol.